The summed E-state index contributed by atoms with van der Waals surface area (Å²) in [5.74, 6) is 0.904. The van der Waals surface area contributed by atoms with Crippen LogP contribution in [0.15, 0.2) is 12.1 Å². The van der Waals surface area contributed by atoms with E-state index in [9.17, 15) is 9.90 Å². The van der Waals surface area contributed by atoms with Crippen molar-refractivity contribution in [3.05, 3.63) is 27.7 Å². The van der Waals surface area contributed by atoms with Crippen molar-refractivity contribution >= 4 is 29.1 Å². The predicted octanol–water partition coefficient (Wildman–Crippen LogP) is 4.42. The summed E-state index contributed by atoms with van der Waals surface area (Å²) < 4.78 is 0. The van der Waals surface area contributed by atoms with Gasteiger partial charge in [-0.05, 0) is 55.7 Å². The third-order valence-electron chi connectivity index (χ3n) is 4.92. The van der Waals surface area contributed by atoms with E-state index in [1.165, 1.54) is 0 Å². The third kappa shape index (κ3) is 3.36. The third-order valence-corrected chi connectivity index (χ3v) is 5.60. The molecule has 0 bridgehead atoms. The second-order valence-corrected chi connectivity index (χ2v) is 7.28. The van der Waals surface area contributed by atoms with Crippen LogP contribution in [0.3, 0.4) is 0 Å². The Morgan fingerprint density at radius 1 is 1.18 bits per heavy atom. The number of benzene rings is 1. The van der Waals surface area contributed by atoms with E-state index >= 15 is 0 Å². The number of amides is 1. The van der Waals surface area contributed by atoms with Crippen molar-refractivity contribution in [1.82, 2.24) is 4.90 Å². The van der Waals surface area contributed by atoms with Crippen LogP contribution in [0.2, 0.25) is 10.0 Å². The number of rotatable bonds is 3. The van der Waals surface area contributed by atoms with Gasteiger partial charge in [-0.15, -0.1) is 0 Å². The van der Waals surface area contributed by atoms with Crippen molar-refractivity contribution in [2.45, 2.75) is 51.0 Å². The van der Waals surface area contributed by atoms with Crippen LogP contribution in [0.25, 0.3) is 0 Å². The molecule has 2 unspecified atom stereocenters. The lowest BCUT2D eigenvalue weighted by Crippen LogP contribution is -2.39. The second kappa shape index (κ2) is 6.67. The topological polar surface area (TPSA) is 40.5 Å². The minimum Gasteiger partial charge on any atom is -0.508 e. The number of halogens is 2. The van der Waals surface area contributed by atoms with Gasteiger partial charge in [0.25, 0.3) is 0 Å². The van der Waals surface area contributed by atoms with Gasteiger partial charge in [0.05, 0.1) is 0 Å². The van der Waals surface area contributed by atoms with Crippen LogP contribution >= 0.6 is 23.2 Å². The van der Waals surface area contributed by atoms with Gasteiger partial charge in [0.1, 0.15) is 5.75 Å². The number of phenols is 1. The number of carbonyl (C=O) groups is 1. The van der Waals surface area contributed by atoms with Crippen molar-refractivity contribution in [3.8, 4) is 5.75 Å². The molecule has 3 nitrogen and oxygen atoms in total. The van der Waals surface area contributed by atoms with Crippen molar-refractivity contribution in [3.63, 3.8) is 0 Å². The summed E-state index contributed by atoms with van der Waals surface area (Å²) in [6.45, 7) is 0.914. The largest absolute Gasteiger partial charge is 0.508 e. The summed E-state index contributed by atoms with van der Waals surface area (Å²) in [6.07, 6.45) is 6.94. The lowest BCUT2D eigenvalue weighted by atomic mass is 9.81. The molecule has 1 saturated carbocycles. The number of nitrogens with zero attached hydrogens (tertiary/aromatic N) is 1. The Balaban J connectivity index is 1.69. The molecule has 1 heterocycles. The number of phenolic OH excluding ortho intramolecular Hbond substituents is 1. The van der Waals surface area contributed by atoms with E-state index < -0.39 is 0 Å². The number of likely N-dealkylation sites (tertiary alicyclic amines) is 1. The molecule has 120 valence electrons. The Labute approximate surface area is 141 Å². The molecule has 5 heteroatoms. The molecule has 3 rings (SSSR count). The maximum atomic E-state index is 11.9. The van der Waals surface area contributed by atoms with E-state index in [-0.39, 0.29) is 5.75 Å². The van der Waals surface area contributed by atoms with Crippen LogP contribution in [0.5, 0.6) is 5.75 Å². The first-order valence-corrected chi connectivity index (χ1v) is 8.76. The van der Waals surface area contributed by atoms with Crippen LogP contribution in [0, 0.1) is 5.92 Å². The van der Waals surface area contributed by atoms with E-state index in [0.29, 0.717) is 34.3 Å². The number of hydrogen-bond acceptors (Lipinski definition) is 2. The normalized spacial score (nSPS) is 25.7. The minimum atomic E-state index is 0.0999. The molecule has 1 aromatic carbocycles. The van der Waals surface area contributed by atoms with E-state index in [4.69, 9.17) is 23.2 Å². The molecule has 2 atom stereocenters. The molecule has 1 aliphatic carbocycles. The fraction of sp³-hybridized carbons (Fsp3) is 0.588. The molecule has 1 N–H and O–H groups in total. The van der Waals surface area contributed by atoms with Crippen LogP contribution < -0.4 is 0 Å². The molecule has 1 amide bonds. The predicted molar refractivity (Wildman–Crippen MR) is 88.5 cm³/mol. The molecular formula is C17H21Cl2NO2. The van der Waals surface area contributed by atoms with E-state index in [1.807, 2.05) is 0 Å². The first-order chi connectivity index (χ1) is 10.5. The standard InChI is InChI=1S/C17H21Cl2NO2/c18-15-9-13(21)10-16(19)14(15)8-11-3-1-4-12(7-11)20-6-2-5-17(20)22/h9-12,21H,1-8H2. The molecule has 0 aromatic heterocycles. The lowest BCUT2D eigenvalue weighted by Gasteiger charge is -2.35. The van der Waals surface area contributed by atoms with Gasteiger partial charge in [-0.1, -0.05) is 29.6 Å². The summed E-state index contributed by atoms with van der Waals surface area (Å²) in [5, 5.41) is 10.6. The Bertz CT molecular complexity index is 553. The van der Waals surface area contributed by atoms with Crippen LogP contribution in [0.4, 0.5) is 0 Å². The zero-order valence-electron chi connectivity index (χ0n) is 12.5. The van der Waals surface area contributed by atoms with Crippen LogP contribution in [0.1, 0.15) is 44.1 Å². The summed E-state index contributed by atoms with van der Waals surface area (Å²) >= 11 is 12.5. The van der Waals surface area contributed by atoms with Gasteiger partial charge in [0, 0.05) is 29.1 Å². The van der Waals surface area contributed by atoms with Gasteiger partial charge in [-0.25, -0.2) is 0 Å². The summed E-state index contributed by atoms with van der Waals surface area (Å²) in [6, 6.07) is 3.48. The highest BCUT2D eigenvalue weighted by Crippen LogP contribution is 2.37. The highest BCUT2D eigenvalue weighted by atomic mass is 35.5. The molecule has 1 aliphatic heterocycles. The van der Waals surface area contributed by atoms with Gasteiger partial charge >= 0.3 is 0 Å². The first kappa shape index (κ1) is 15.9. The van der Waals surface area contributed by atoms with Crippen molar-refractivity contribution in [2.24, 2.45) is 5.92 Å². The average Bonchev–Trinajstić information content (AvgIpc) is 2.89. The Morgan fingerprint density at radius 2 is 1.91 bits per heavy atom. The lowest BCUT2D eigenvalue weighted by molar-refractivity contribution is -0.130. The van der Waals surface area contributed by atoms with Gasteiger partial charge in [-0.2, -0.15) is 0 Å². The van der Waals surface area contributed by atoms with E-state index in [1.54, 1.807) is 12.1 Å². The monoisotopic (exact) mass is 341 g/mol. The Kier molecular flexibility index (Phi) is 4.84. The molecular weight excluding hydrogens is 321 g/mol. The number of carbonyl (C=O) groups excluding carboxylic acids is 1. The maximum absolute atomic E-state index is 11.9. The van der Waals surface area contributed by atoms with E-state index in [2.05, 4.69) is 4.90 Å². The summed E-state index contributed by atoms with van der Waals surface area (Å²) in [4.78, 5) is 14.0. The molecule has 2 aliphatic rings. The molecule has 0 radical (unpaired) electrons. The fourth-order valence-electron chi connectivity index (χ4n) is 3.86. The number of aromatic hydroxyl groups is 1. The molecule has 1 saturated heterocycles. The van der Waals surface area contributed by atoms with Gasteiger partial charge in [0.15, 0.2) is 0 Å². The zero-order chi connectivity index (χ0) is 15.7. The number of hydrogen-bond donors (Lipinski definition) is 1. The van der Waals surface area contributed by atoms with Crippen molar-refractivity contribution in [2.75, 3.05) is 6.54 Å². The SMILES string of the molecule is O=C1CCCN1C1CCCC(Cc2c(Cl)cc(O)cc2Cl)C1. The highest BCUT2D eigenvalue weighted by Gasteiger charge is 2.32. The Hall–Kier alpha value is -0.930. The Morgan fingerprint density at radius 3 is 2.55 bits per heavy atom. The minimum absolute atomic E-state index is 0.0999. The maximum Gasteiger partial charge on any atom is 0.222 e. The molecule has 0 spiro atoms. The fourth-order valence-corrected chi connectivity index (χ4v) is 4.49. The first-order valence-electron chi connectivity index (χ1n) is 8.01. The molecule has 22 heavy (non-hydrogen) atoms. The van der Waals surface area contributed by atoms with Gasteiger partial charge in [0.2, 0.25) is 5.91 Å². The van der Waals surface area contributed by atoms with E-state index in [0.717, 1.165) is 50.6 Å². The summed E-state index contributed by atoms with van der Waals surface area (Å²) in [7, 11) is 0. The quantitative estimate of drug-likeness (QED) is 0.883. The smallest absolute Gasteiger partial charge is 0.222 e. The summed E-state index contributed by atoms with van der Waals surface area (Å²) in [5.41, 5.74) is 0.916. The highest BCUT2D eigenvalue weighted by molar-refractivity contribution is 6.36. The molecule has 1 aromatic rings. The molecule has 2 fully saturated rings. The van der Waals surface area contributed by atoms with Gasteiger partial charge in [-0.3, -0.25) is 4.79 Å². The second-order valence-electron chi connectivity index (χ2n) is 6.47. The van der Waals surface area contributed by atoms with Crippen LogP contribution in [-0.4, -0.2) is 28.5 Å². The average molecular weight is 342 g/mol. The zero-order valence-corrected chi connectivity index (χ0v) is 14.0. The van der Waals surface area contributed by atoms with Crippen molar-refractivity contribution in [1.29, 1.82) is 0 Å². The van der Waals surface area contributed by atoms with Gasteiger partial charge < -0.3 is 10.0 Å². The van der Waals surface area contributed by atoms with Crippen LogP contribution in [-0.2, 0) is 11.2 Å². The van der Waals surface area contributed by atoms with Crippen molar-refractivity contribution < 1.29 is 9.90 Å².